The number of fused-ring (bicyclic) bond motifs is 2. The Balaban J connectivity index is 1.38. The van der Waals surface area contributed by atoms with Crippen LogP contribution in [0.2, 0.25) is 0 Å². The maximum atomic E-state index is 13.8. The minimum atomic E-state index is -4.95. The Morgan fingerprint density at radius 1 is 1.23 bits per heavy atom. The molecule has 3 heterocycles. The van der Waals surface area contributed by atoms with E-state index in [9.17, 15) is 23.7 Å². The van der Waals surface area contributed by atoms with Gasteiger partial charge in [-0.05, 0) is 49.8 Å². The van der Waals surface area contributed by atoms with E-state index in [1.54, 1.807) is 24.1 Å². The third-order valence-corrected chi connectivity index (χ3v) is 8.74. The fourth-order valence-electron chi connectivity index (χ4n) is 6.31. The smallest absolute Gasteiger partial charge is 0.470 e. The van der Waals surface area contributed by atoms with Crippen molar-refractivity contribution in [3.05, 3.63) is 30.0 Å². The van der Waals surface area contributed by atoms with Crippen LogP contribution in [0, 0.1) is 23.7 Å². The summed E-state index contributed by atoms with van der Waals surface area (Å²) in [7, 11) is -3.40. The summed E-state index contributed by atoms with van der Waals surface area (Å²) in [5, 5.41) is 6.32. The predicted molar refractivity (Wildman–Crippen MR) is 141 cm³/mol. The molecule has 5 N–H and O–H groups in total. The van der Waals surface area contributed by atoms with Gasteiger partial charge in [-0.15, -0.1) is 0 Å². The number of carbonyl (C=O) groups excluding carboxylic acids is 4. The molecule has 1 aliphatic carbocycles. The van der Waals surface area contributed by atoms with Crippen LogP contribution in [0.25, 0.3) is 10.9 Å². The number of aromatic nitrogens is 1. The van der Waals surface area contributed by atoms with Gasteiger partial charge in [-0.2, -0.15) is 0 Å². The molecule has 1 aromatic carbocycles. The van der Waals surface area contributed by atoms with E-state index in [0.29, 0.717) is 31.0 Å². The highest BCUT2D eigenvalue weighted by Gasteiger charge is 2.48. The predicted octanol–water partition coefficient (Wildman–Crippen LogP) is 1.31. The lowest BCUT2D eigenvalue weighted by Crippen LogP contribution is -2.52. The monoisotopic (exact) mass is 576 g/mol. The molecule has 2 saturated heterocycles. The Kier molecular flexibility index (Phi) is 8.01. The lowest BCUT2D eigenvalue weighted by atomic mass is 9.89. The molecule has 3 amide bonds. The van der Waals surface area contributed by atoms with Gasteiger partial charge in [0, 0.05) is 35.8 Å². The van der Waals surface area contributed by atoms with Crippen molar-refractivity contribution in [1.29, 1.82) is 0 Å². The number of benzene rings is 1. The van der Waals surface area contributed by atoms with Crippen LogP contribution in [-0.2, 0) is 23.5 Å². The Bertz CT molecular complexity index is 1370. The molecule has 2 aliphatic heterocycles. The number of hydrogen-bond donors (Lipinski definition) is 5. The van der Waals surface area contributed by atoms with Crippen LogP contribution in [0.1, 0.15) is 42.6 Å². The summed E-state index contributed by atoms with van der Waals surface area (Å²) < 4.78 is 21.0. The molecule has 1 aromatic heterocycles. The number of likely N-dealkylation sites (tertiary alicyclic amines) is 1. The number of H-pyrrole nitrogens is 1. The molecule has 40 heavy (non-hydrogen) atoms. The van der Waals surface area contributed by atoms with Crippen LogP contribution in [0.4, 0.5) is 0 Å². The van der Waals surface area contributed by atoms with Gasteiger partial charge in [-0.1, -0.05) is 12.5 Å². The van der Waals surface area contributed by atoms with Crippen LogP contribution in [-0.4, -0.2) is 76.1 Å². The standard InChI is InChI=1S/C26H33N4O9P/c1-38-22-7-3-6-19-17(22)11-20(28-19)26(34)30-12-15-4-2-5-16(15)23(30)29-25(33)18(10-14-8-9-27-24(14)32)21(31)13-39-40(35,36)37/h3,6-7,11,14-16,18,23,28H,2,4-5,8-10,12-13H2,1H3,(H,27,32)(H,29,33)(H2,35,36,37)/t14-,15+,16+,18+,23+/m1/s1. The maximum absolute atomic E-state index is 13.8. The van der Waals surface area contributed by atoms with Crippen LogP contribution in [0.15, 0.2) is 24.3 Å². The first-order chi connectivity index (χ1) is 19.1. The van der Waals surface area contributed by atoms with Gasteiger partial charge < -0.3 is 35.0 Å². The van der Waals surface area contributed by atoms with E-state index >= 15 is 0 Å². The second kappa shape index (κ2) is 11.3. The van der Waals surface area contributed by atoms with E-state index in [1.165, 1.54) is 0 Å². The summed E-state index contributed by atoms with van der Waals surface area (Å²) in [5.41, 5.74) is 1.07. The number of methoxy groups -OCH3 is 1. The number of rotatable bonds is 10. The Morgan fingerprint density at radius 3 is 2.73 bits per heavy atom. The first-order valence-electron chi connectivity index (χ1n) is 13.3. The summed E-state index contributed by atoms with van der Waals surface area (Å²) in [6.45, 7) is -0.131. The number of amides is 3. The molecule has 13 nitrogen and oxygen atoms in total. The zero-order valence-corrected chi connectivity index (χ0v) is 22.9. The number of Topliss-reactive ketones (excluding diaryl/α,β-unsaturated/α-hetero) is 1. The first kappa shape index (κ1) is 28.3. The summed E-state index contributed by atoms with van der Waals surface area (Å²) in [6.07, 6.45) is 2.27. The third-order valence-electron chi connectivity index (χ3n) is 8.28. The van der Waals surface area contributed by atoms with Crippen LogP contribution >= 0.6 is 7.82 Å². The lowest BCUT2D eigenvalue weighted by molar-refractivity contribution is -0.137. The Morgan fingerprint density at radius 2 is 2.02 bits per heavy atom. The van der Waals surface area contributed by atoms with E-state index in [4.69, 9.17) is 14.5 Å². The molecule has 0 spiro atoms. The van der Waals surface area contributed by atoms with Gasteiger partial charge in [0.15, 0.2) is 5.78 Å². The molecule has 3 aliphatic rings. The number of carbonyl (C=O) groups is 4. The molecule has 1 saturated carbocycles. The highest BCUT2D eigenvalue weighted by Crippen LogP contribution is 2.42. The SMILES string of the molecule is COc1cccc2[nH]c(C(=O)N3C[C@@H]4CCC[C@@H]4[C@H]3NC(=O)[C@@H](C[C@H]3CCNC3=O)C(=O)COP(=O)(O)O)cc12. The van der Waals surface area contributed by atoms with Gasteiger partial charge in [0.05, 0.1) is 13.0 Å². The molecule has 2 aromatic rings. The van der Waals surface area contributed by atoms with Crippen molar-refractivity contribution >= 4 is 42.2 Å². The molecular weight excluding hydrogens is 543 g/mol. The normalized spacial score (nSPS) is 25.1. The number of ketones is 1. The molecule has 5 rings (SSSR count). The van der Waals surface area contributed by atoms with Crippen molar-refractivity contribution in [3.63, 3.8) is 0 Å². The summed E-state index contributed by atoms with van der Waals surface area (Å²) in [6, 6.07) is 7.16. The zero-order valence-electron chi connectivity index (χ0n) is 22.0. The van der Waals surface area contributed by atoms with Gasteiger partial charge >= 0.3 is 7.82 Å². The maximum Gasteiger partial charge on any atom is 0.470 e. The van der Waals surface area contributed by atoms with Gasteiger partial charge in [0.25, 0.3) is 5.91 Å². The first-order valence-corrected chi connectivity index (χ1v) is 14.9. The Labute approximate surface area is 230 Å². The average molecular weight is 577 g/mol. The van der Waals surface area contributed by atoms with Gasteiger partial charge in [0.2, 0.25) is 11.8 Å². The van der Waals surface area contributed by atoms with Gasteiger partial charge in [-0.25, -0.2) is 4.57 Å². The zero-order chi connectivity index (χ0) is 28.6. The molecule has 14 heteroatoms. The van der Waals surface area contributed by atoms with Gasteiger partial charge in [-0.3, -0.25) is 23.7 Å². The van der Waals surface area contributed by atoms with Crippen LogP contribution < -0.4 is 15.4 Å². The third kappa shape index (κ3) is 5.78. The van der Waals surface area contributed by atoms with Crippen LogP contribution in [0.5, 0.6) is 5.75 Å². The van der Waals surface area contributed by atoms with E-state index in [2.05, 4.69) is 20.1 Å². The summed E-state index contributed by atoms with van der Waals surface area (Å²) >= 11 is 0. The number of nitrogens with one attached hydrogen (secondary N) is 3. The van der Waals surface area contributed by atoms with E-state index in [-0.39, 0.29) is 30.1 Å². The van der Waals surface area contributed by atoms with Crippen LogP contribution in [0.3, 0.4) is 0 Å². The quantitative estimate of drug-likeness (QED) is 0.205. The largest absolute Gasteiger partial charge is 0.496 e. The number of phosphoric ester groups is 1. The number of nitrogens with zero attached hydrogens (tertiary/aromatic N) is 1. The highest BCUT2D eigenvalue weighted by atomic mass is 31.2. The Hall–Kier alpha value is -3.25. The molecule has 0 unspecified atom stereocenters. The van der Waals surface area contributed by atoms with Crippen molar-refractivity contribution in [2.75, 3.05) is 26.8 Å². The topological polar surface area (TPSA) is 187 Å². The molecule has 5 atom stereocenters. The molecular formula is C26H33N4O9P. The number of phosphoric acid groups is 1. The van der Waals surface area contributed by atoms with E-state index in [0.717, 1.165) is 30.2 Å². The molecule has 0 bridgehead atoms. The summed E-state index contributed by atoms with van der Waals surface area (Å²) in [5.74, 6) is -3.33. The van der Waals surface area contributed by atoms with E-state index < -0.39 is 44.1 Å². The van der Waals surface area contributed by atoms with Crippen molar-refractivity contribution < 1.29 is 42.8 Å². The van der Waals surface area contributed by atoms with Gasteiger partial charge in [0.1, 0.15) is 24.2 Å². The number of ether oxygens (including phenoxy) is 1. The molecule has 216 valence electrons. The van der Waals surface area contributed by atoms with Crippen molar-refractivity contribution in [2.24, 2.45) is 23.7 Å². The summed E-state index contributed by atoms with van der Waals surface area (Å²) in [4.78, 5) is 75.4. The fraction of sp³-hybridized carbons (Fsp3) is 0.538. The molecule has 3 fully saturated rings. The van der Waals surface area contributed by atoms with Crippen molar-refractivity contribution in [3.8, 4) is 5.75 Å². The molecule has 0 radical (unpaired) electrons. The minimum absolute atomic E-state index is 0.0105. The fourth-order valence-corrected chi connectivity index (χ4v) is 6.60. The lowest BCUT2D eigenvalue weighted by Gasteiger charge is -2.30. The average Bonchev–Trinajstić information content (AvgIpc) is 3.70. The minimum Gasteiger partial charge on any atom is -0.496 e. The number of aromatic amines is 1. The number of hydrogen-bond acceptors (Lipinski definition) is 7. The second-order valence-electron chi connectivity index (χ2n) is 10.7. The highest BCUT2D eigenvalue weighted by molar-refractivity contribution is 7.46. The van der Waals surface area contributed by atoms with Crippen molar-refractivity contribution in [2.45, 2.75) is 38.3 Å². The second-order valence-corrected chi connectivity index (χ2v) is 11.9. The van der Waals surface area contributed by atoms with E-state index in [1.807, 2.05) is 12.1 Å². The van der Waals surface area contributed by atoms with Crippen molar-refractivity contribution in [1.82, 2.24) is 20.5 Å².